The molecule has 2 atom stereocenters. The van der Waals surface area contributed by atoms with Crippen molar-refractivity contribution in [1.82, 2.24) is 0 Å². The monoisotopic (exact) mass is 492 g/mol. The van der Waals surface area contributed by atoms with Crippen LogP contribution in [0, 0.1) is 23.0 Å². The molecule has 0 heterocycles. The summed E-state index contributed by atoms with van der Waals surface area (Å²) in [5, 5.41) is 0. The number of benzene rings is 3. The second-order valence-corrected chi connectivity index (χ2v) is 8.77. The van der Waals surface area contributed by atoms with Crippen molar-refractivity contribution < 1.29 is 41.0 Å². The Kier molecular flexibility index (Phi) is 6.44. The summed E-state index contributed by atoms with van der Waals surface area (Å²) in [4.78, 5) is 12.7. The molecule has 1 saturated carbocycles. The van der Waals surface area contributed by atoms with Gasteiger partial charge in [0.05, 0.1) is 5.56 Å². The van der Waals surface area contributed by atoms with E-state index >= 15 is 0 Å². The first-order valence-corrected chi connectivity index (χ1v) is 10.7. The molecule has 0 spiro atoms. The van der Waals surface area contributed by atoms with Crippen LogP contribution in [0.25, 0.3) is 0 Å². The smallest absolute Gasteiger partial charge is 0.416 e. The fourth-order valence-corrected chi connectivity index (χ4v) is 3.72. The van der Waals surface area contributed by atoms with E-state index in [4.69, 9.17) is 14.2 Å². The number of esters is 1. The zero-order valence-corrected chi connectivity index (χ0v) is 18.7. The Morgan fingerprint density at radius 3 is 2.29 bits per heavy atom. The lowest BCUT2D eigenvalue weighted by molar-refractivity contribution is -0.147. The maximum atomic E-state index is 14.2. The molecule has 2 unspecified atom stereocenters. The molecule has 4 rings (SSSR count). The second kappa shape index (κ2) is 9.20. The van der Waals surface area contributed by atoms with Crippen LogP contribution >= 0.6 is 0 Å². The van der Waals surface area contributed by atoms with E-state index in [-0.39, 0.29) is 18.1 Å². The third-order valence-electron chi connectivity index (χ3n) is 5.84. The van der Waals surface area contributed by atoms with Crippen LogP contribution in [-0.2, 0) is 22.3 Å². The van der Waals surface area contributed by atoms with E-state index in [0.717, 1.165) is 6.07 Å². The van der Waals surface area contributed by atoms with Crippen molar-refractivity contribution in [2.45, 2.75) is 32.7 Å². The van der Waals surface area contributed by atoms with Gasteiger partial charge in [0.1, 0.15) is 24.4 Å². The van der Waals surface area contributed by atoms with Crippen LogP contribution in [0.4, 0.5) is 22.0 Å². The molecular weight excluding hydrogens is 471 g/mol. The number of rotatable bonds is 7. The van der Waals surface area contributed by atoms with Crippen molar-refractivity contribution in [3.63, 3.8) is 0 Å². The molecule has 4 nitrogen and oxygen atoms in total. The Morgan fingerprint density at radius 2 is 1.63 bits per heavy atom. The van der Waals surface area contributed by atoms with Crippen molar-refractivity contribution >= 4 is 5.97 Å². The Balaban J connectivity index is 1.39. The van der Waals surface area contributed by atoms with Crippen molar-refractivity contribution in [1.29, 1.82) is 0 Å². The number of para-hydroxylation sites is 1. The molecule has 0 aliphatic heterocycles. The van der Waals surface area contributed by atoms with Gasteiger partial charge in [-0.15, -0.1) is 0 Å². The third-order valence-corrected chi connectivity index (χ3v) is 5.84. The number of alkyl halides is 3. The normalized spacial score (nSPS) is 18.6. The molecule has 1 fully saturated rings. The SMILES string of the molecule is CC1(C)C(Oc2ccc(C(F)(F)F)cc2F)C1C(=O)OCc1ccc(F)c(Oc2ccccc2)c1. The maximum absolute atomic E-state index is 14.2. The summed E-state index contributed by atoms with van der Waals surface area (Å²) < 4.78 is 82.9. The number of halogens is 5. The van der Waals surface area contributed by atoms with E-state index in [1.54, 1.807) is 44.2 Å². The summed E-state index contributed by atoms with van der Waals surface area (Å²) in [5.74, 6) is -3.11. The Hall–Kier alpha value is -3.62. The van der Waals surface area contributed by atoms with E-state index in [1.807, 2.05) is 0 Å². The van der Waals surface area contributed by atoms with Gasteiger partial charge in [0.15, 0.2) is 23.1 Å². The van der Waals surface area contributed by atoms with Crippen LogP contribution < -0.4 is 9.47 Å². The van der Waals surface area contributed by atoms with E-state index < -0.39 is 46.8 Å². The van der Waals surface area contributed by atoms with Gasteiger partial charge >= 0.3 is 12.1 Å². The molecule has 35 heavy (non-hydrogen) atoms. The number of hydrogen-bond donors (Lipinski definition) is 0. The topological polar surface area (TPSA) is 44.8 Å². The molecule has 0 radical (unpaired) electrons. The summed E-state index contributed by atoms with van der Waals surface area (Å²) >= 11 is 0. The maximum Gasteiger partial charge on any atom is 0.416 e. The van der Waals surface area contributed by atoms with Crippen LogP contribution in [0.3, 0.4) is 0 Å². The minimum Gasteiger partial charge on any atom is -0.486 e. The van der Waals surface area contributed by atoms with Gasteiger partial charge in [-0.2, -0.15) is 13.2 Å². The molecule has 0 aromatic heterocycles. The Bertz CT molecular complexity index is 1220. The van der Waals surface area contributed by atoms with Crippen LogP contribution in [0.1, 0.15) is 25.0 Å². The summed E-state index contributed by atoms with van der Waals surface area (Å²) in [7, 11) is 0. The molecular formula is C26H21F5O4. The minimum atomic E-state index is -4.68. The minimum absolute atomic E-state index is 0.0320. The predicted octanol–water partition coefficient (Wildman–Crippen LogP) is 6.92. The summed E-state index contributed by atoms with van der Waals surface area (Å²) in [5.41, 5.74) is -1.38. The fraction of sp³-hybridized carbons (Fsp3) is 0.269. The lowest BCUT2D eigenvalue weighted by Crippen LogP contribution is -2.13. The van der Waals surface area contributed by atoms with Crippen LogP contribution in [-0.4, -0.2) is 12.1 Å². The van der Waals surface area contributed by atoms with E-state index in [1.165, 1.54) is 18.2 Å². The summed E-state index contributed by atoms with van der Waals surface area (Å²) in [6.45, 7) is 3.24. The zero-order chi connectivity index (χ0) is 25.4. The van der Waals surface area contributed by atoms with Gasteiger partial charge in [0.25, 0.3) is 0 Å². The lowest BCUT2D eigenvalue weighted by Gasteiger charge is -2.11. The van der Waals surface area contributed by atoms with Crippen molar-refractivity contribution in [3.05, 3.63) is 89.5 Å². The van der Waals surface area contributed by atoms with Crippen molar-refractivity contribution in [2.75, 3.05) is 0 Å². The second-order valence-electron chi connectivity index (χ2n) is 8.77. The Morgan fingerprint density at radius 1 is 0.914 bits per heavy atom. The van der Waals surface area contributed by atoms with Crippen LogP contribution in [0.15, 0.2) is 66.7 Å². The summed E-state index contributed by atoms with van der Waals surface area (Å²) in [6, 6.07) is 14.6. The number of carbonyl (C=O) groups is 1. The quantitative estimate of drug-likeness (QED) is 0.265. The highest BCUT2D eigenvalue weighted by atomic mass is 19.4. The van der Waals surface area contributed by atoms with Gasteiger partial charge in [-0.05, 0) is 48.0 Å². The average molecular weight is 492 g/mol. The van der Waals surface area contributed by atoms with Crippen LogP contribution in [0.5, 0.6) is 17.2 Å². The number of ether oxygens (including phenoxy) is 3. The van der Waals surface area contributed by atoms with E-state index in [9.17, 15) is 26.7 Å². The third kappa shape index (κ3) is 5.39. The highest BCUT2D eigenvalue weighted by Crippen LogP contribution is 2.55. The van der Waals surface area contributed by atoms with E-state index in [0.29, 0.717) is 23.4 Å². The molecule has 1 aliphatic carbocycles. The van der Waals surface area contributed by atoms with Gasteiger partial charge in [0, 0.05) is 5.41 Å². The number of hydrogen-bond acceptors (Lipinski definition) is 4. The Labute approximate surface area is 198 Å². The van der Waals surface area contributed by atoms with Gasteiger partial charge in [-0.1, -0.05) is 38.1 Å². The molecule has 3 aromatic carbocycles. The number of carbonyl (C=O) groups excluding carboxylic acids is 1. The highest BCUT2D eigenvalue weighted by Gasteiger charge is 2.65. The largest absolute Gasteiger partial charge is 0.486 e. The lowest BCUT2D eigenvalue weighted by atomic mass is 10.1. The molecule has 0 bridgehead atoms. The molecule has 3 aromatic rings. The van der Waals surface area contributed by atoms with Gasteiger partial charge in [-0.25, -0.2) is 8.78 Å². The van der Waals surface area contributed by atoms with Crippen molar-refractivity contribution in [3.8, 4) is 17.2 Å². The first-order valence-electron chi connectivity index (χ1n) is 10.7. The van der Waals surface area contributed by atoms with Crippen LogP contribution in [0.2, 0.25) is 0 Å². The van der Waals surface area contributed by atoms with E-state index in [2.05, 4.69) is 0 Å². The fourth-order valence-electron chi connectivity index (χ4n) is 3.72. The molecule has 9 heteroatoms. The zero-order valence-electron chi connectivity index (χ0n) is 18.7. The molecule has 0 amide bonds. The highest BCUT2D eigenvalue weighted by molar-refractivity contribution is 5.78. The molecule has 0 saturated heterocycles. The van der Waals surface area contributed by atoms with Gasteiger partial charge in [-0.3, -0.25) is 4.79 Å². The first kappa shape index (κ1) is 24.5. The van der Waals surface area contributed by atoms with Crippen molar-refractivity contribution in [2.24, 2.45) is 11.3 Å². The van der Waals surface area contributed by atoms with Gasteiger partial charge in [0.2, 0.25) is 0 Å². The predicted molar refractivity (Wildman–Crippen MR) is 116 cm³/mol. The molecule has 0 N–H and O–H groups in total. The average Bonchev–Trinajstić information content (AvgIpc) is 3.35. The summed E-state index contributed by atoms with van der Waals surface area (Å²) in [6.07, 6.45) is -5.47. The standard InChI is InChI=1S/C26H21F5O4/c1-25(2)22(23(25)35-20-11-9-16(13-19(20)28)26(29,30)31)24(32)33-14-15-8-10-18(27)21(12-15)34-17-6-4-3-5-7-17/h3-13,22-23H,14H2,1-2H3. The molecule has 184 valence electrons. The molecule has 1 aliphatic rings. The first-order chi connectivity index (χ1) is 16.5. The van der Waals surface area contributed by atoms with Gasteiger partial charge < -0.3 is 14.2 Å².